The number of nitrogens with one attached hydrogen (secondary N) is 2. The monoisotopic (exact) mass is 378 g/mol. The van der Waals surface area contributed by atoms with Gasteiger partial charge < -0.3 is 20.6 Å². The van der Waals surface area contributed by atoms with Crippen LogP contribution in [0, 0.1) is 11.7 Å². The Morgan fingerprint density at radius 3 is 2.85 bits per heavy atom. The first-order valence-corrected chi connectivity index (χ1v) is 8.96. The van der Waals surface area contributed by atoms with Crippen molar-refractivity contribution < 1.29 is 23.9 Å². The maximum Gasteiger partial charge on any atom is 0.321 e. The molecule has 146 valence electrons. The highest BCUT2D eigenvalue weighted by molar-refractivity contribution is 5.98. The standard InChI is InChI=1S/C18H23FN4O4/c1-11(24)17(26)22-6-4-12(10-22)9-21-16(25)14-8-13(2-3-15(14)19)23-7-5-20-18(23)27/h2-3,8,11-12,24H,4-7,9-10H2,1H3,(H,20,27)(H,21,25). The Kier molecular flexibility index (Phi) is 5.59. The number of halogens is 1. The van der Waals surface area contributed by atoms with Crippen LogP contribution in [0.15, 0.2) is 18.2 Å². The van der Waals surface area contributed by atoms with Gasteiger partial charge in [0.25, 0.3) is 11.8 Å². The maximum atomic E-state index is 14.1. The van der Waals surface area contributed by atoms with Crippen LogP contribution in [0.2, 0.25) is 0 Å². The summed E-state index contributed by atoms with van der Waals surface area (Å²) in [4.78, 5) is 39.0. The van der Waals surface area contributed by atoms with Gasteiger partial charge in [-0.1, -0.05) is 0 Å². The summed E-state index contributed by atoms with van der Waals surface area (Å²) in [5.41, 5.74) is 0.341. The first-order valence-electron chi connectivity index (χ1n) is 8.96. The molecule has 0 aliphatic carbocycles. The number of nitrogens with zero attached hydrogens (tertiary/aromatic N) is 2. The number of benzene rings is 1. The molecule has 0 spiro atoms. The summed E-state index contributed by atoms with van der Waals surface area (Å²) in [6.45, 7) is 3.66. The minimum absolute atomic E-state index is 0.0484. The van der Waals surface area contributed by atoms with E-state index in [9.17, 15) is 23.9 Å². The van der Waals surface area contributed by atoms with E-state index in [1.165, 1.54) is 30.0 Å². The highest BCUT2D eigenvalue weighted by Crippen LogP contribution is 2.21. The molecule has 0 aromatic heterocycles. The van der Waals surface area contributed by atoms with Crippen molar-refractivity contribution in [2.45, 2.75) is 19.4 Å². The minimum Gasteiger partial charge on any atom is -0.384 e. The third-order valence-corrected chi connectivity index (χ3v) is 4.87. The van der Waals surface area contributed by atoms with Crippen molar-refractivity contribution >= 4 is 23.5 Å². The quantitative estimate of drug-likeness (QED) is 0.686. The predicted octanol–water partition coefficient (Wildman–Crippen LogP) is 0.314. The van der Waals surface area contributed by atoms with Crippen LogP contribution in [0.4, 0.5) is 14.9 Å². The van der Waals surface area contributed by atoms with E-state index < -0.39 is 17.8 Å². The molecule has 2 aliphatic heterocycles. The summed E-state index contributed by atoms with van der Waals surface area (Å²) in [5.74, 6) is -1.50. The van der Waals surface area contributed by atoms with Gasteiger partial charge in [-0.3, -0.25) is 14.5 Å². The van der Waals surface area contributed by atoms with Crippen molar-refractivity contribution in [2.75, 3.05) is 37.6 Å². The third-order valence-electron chi connectivity index (χ3n) is 4.87. The number of rotatable bonds is 5. The van der Waals surface area contributed by atoms with Crippen molar-refractivity contribution in [1.29, 1.82) is 0 Å². The van der Waals surface area contributed by atoms with E-state index >= 15 is 0 Å². The largest absolute Gasteiger partial charge is 0.384 e. The summed E-state index contributed by atoms with van der Waals surface area (Å²) in [7, 11) is 0. The highest BCUT2D eigenvalue weighted by Gasteiger charge is 2.29. The number of carbonyl (C=O) groups excluding carboxylic acids is 3. The van der Waals surface area contributed by atoms with E-state index in [0.29, 0.717) is 44.8 Å². The van der Waals surface area contributed by atoms with Crippen LogP contribution >= 0.6 is 0 Å². The van der Waals surface area contributed by atoms with Gasteiger partial charge >= 0.3 is 6.03 Å². The van der Waals surface area contributed by atoms with Crippen LogP contribution in [-0.4, -0.2) is 66.7 Å². The summed E-state index contributed by atoms with van der Waals surface area (Å²) >= 11 is 0. The van der Waals surface area contributed by atoms with Gasteiger partial charge in [-0.25, -0.2) is 9.18 Å². The summed E-state index contributed by atoms with van der Waals surface area (Å²) < 4.78 is 14.1. The van der Waals surface area contributed by atoms with E-state index in [-0.39, 0.29) is 23.4 Å². The van der Waals surface area contributed by atoms with Gasteiger partial charge in [0.2, 0.25) is 0 Å². The van der Waals surface area contributed by atoms with Crippen molar-refractivity contribution in [2.24, 2.45) is 5.92 Å². The van der Waals surface area contributed by atoms with Gasteiger partial charge in [0.05, 0.1) is 5.56 Å². The number of hydrogen-bond donors (Lipinski definition) is 3. The number of anilines is 1. The van der Waals surface area contributed by atoms with Crippen molar-refractivity contribution in [3.05, 3.63) is 29.6 Å². The molecule has 8 nitrogen and oxygen atoms in total. The Bertz CT molecular complexity index is 755. The van der Waals surface area contributed by atoms with Crippen LogP contribution < -0.4 is 15.5 Å². The van der Waals surface area contributed by atoms with E-state index in [2.05, 4.69) is 10.6 Å². The molecule has 2 fully saturated rings. The lowest BCUT2D eigenvalue weighted by Gasteiger charge is -2.18. The zero-order chi connectivity index (χ0) is 19.6. The number of aliphatic hydroxyl groups is 1. The molecule has 3 N–H and O–H groups in total. The highest BCUT2D eigenvalue weighted by atomic mass is 19.1. The second-order valence-corrected chi connectivity index (χ2v) is 6.87. The summed E-state index contributed by atoms with van der Waals surface area (Å²) in [6, 6.07) is 3.73. The van der Waals surface area contributed by atoms with Gasteiger partial charge in [0.1, 0.15) is 11.9 Å². The van der Waals surface area contributed by atoms with E-state index in [1.54, 1.807) is 4.90 Å². The van der Waals surface area contributed by atoms with Gasteiger partial charge in [-0.15, -0.1) is 0 Å². The van der Waals surface area contributed by atoms with Gasteiger partial charge in [-0.2, -0.15) is 0 Å². The molecule has 2 aliphatic rings. The van der Waals surface area contributed by atoms with Crippen LogP contribution in [0.25, 0.3) is 0 Å². The molecule has 3 rings (SSSR count). The SMILES string of the molecule is CC(O)C(=O)N1CCC(CNC(=O)c2cc(N3CCNC3=O)ccc2F)C1. The smallest absolute Gasteiger partial charge is 0.321 e. The molecule has 2 unspecified atom stereocenters. The number of carbonyl (C=O) groups is 3. The lowest BCUT2D eigenvalue weighted by molar-refractivity contribution is -0.138. The molecule has 9 heteroatoms. The molecule has 1 aromatic carbocycles. The zero-order valence-electron chi connectivity index (χ0n) is 15.1. The summed E-state index contributed by atoms with van der Waals surface area (Å²) in [6.07, 6.45) is -0.340. The number of likely N-dealkylation sites (tertiary alicyclic amines) is 1. The van der Waals surface area contributed by atoms with Gasteiger partial charge in [-0.05, 0) is 37.5 Å². The first kappa shape index (κ1) is 19.1. The molecular weight excluding hydrogens is 355 g/mol. The fraction of sp³-hybridized carbons (Fsp3) is 0.500. The number of aliphatic hydroxyl groups excluding tert-OH is 1. The molecule has 2 heterocycles. The molecule has 0 saturated carbocycles. The maximum absolute atomic E-state index is 14.1. The second kappa shape index (κ2) is 7.91. The third kappa shape index (κ3) is 4.19. The molecule has 1 aromatic rings. The van der Waals surface area contributed by atoms with Crippen LogP contribution in [0.5, 0.6) is 0 Å². The summed E-state index contributed by atoms with van der Waals surface area (Å²) in [5, 5.41) is 14.7. The number of amides is 4. The molecule has 2 saturated heterocycles. The van der Waals surface area contributed by atoms with E-state index in [4.69, 9.17) is 0 Å². The van der Waals surface area contributed by atoms with E-state index in [0.717, 1.165) is 0 Å². The average Bonchev–Trinajstić information content (AvgIpc) is 3.28. The molecule has 4 amide bonds. The Labute approximate surface area is 156 Å². The fourth-order valence-electron chi connectivity index (χ4n) is 3.37. The zero-order valence-corrected chi connectivity index (χ0v) is 15.1. The van der Waals surface area contributed by atoms with Crippen molar-refractivity contribution in [1.82, 2.24) is 15.5 Å². The molecule has 27 heavy (non-hydrogen) atoms. The normalized spacial score (nSPS) is 20.6. The molecule has 0 radical (unpaired) electrons. The second-order valence-electron chi connectivity index (χ2n) is 6.87. The van der Waals surface area contributed by atoms with Crippen molar-refractivity contribution in [3.63, 3.8) is 0 Å². The lowest BCUT2D eigenvalue weighted by Crippen LogP contribution is -2.37. The van der Waals surface area contributed by atoms with Crippen molar-refractivity contribution in [3.8, 4) is 0 Å². The van der Waals surface area contributed by atoms with Gasteiger partial charge in [0.15, 0.2) is 0 Å². The topological polar surface area (TPSA) is 102 Å². The minimum atomic E-state index is -1.04. The van der Waals surface area contributed by atoms with Crippen LogP contribution in [0.1, 0.15) is 23.7 Å². The first-order chi connectivity index (χ1) is 12.9. The number of hydrogen-bond acceptors (Lipinski definition) is 4. The number of urea groups is 1. The molecular formula is C18H23FN4O4. The molecule has 2 atom stereocenters. The lowest BCUT2D eigenvalue weighted by atomic mass is 10.1. The van der Waals surface area contributed by atoms with Crippen LogP contribution in [-0.2, 0) is 4.79 Å². The van der Waals surface area contributed by atoms with E-state index in [1.807, 2.05) is 0 Å². The Morgan fingerprint density at radius 2 is 2.19 bits per heavy atom. The fourth-order valence-corrected chi connectivity index (χ4v) is 3.37. The van der Waals surface area contributed by atoms with Crippen LogP contribution in [0.3, 0.4) is 0 Å². The predicted molar refractivity (Wildman–Crippen MR) is 95.8 cm³/mol. The Morgan fingerprint density at radius 1 is 1.41 bits per heavy atom. The molecule has 0 bridgehead atoms. The average molecular weight is 378 g/mol. The Balaban J connectivity index is 1.60. The van der Waals surface area contributed by atoms with Gasteiger partial charge in [0, 0.05) is 38.4 Å². The Hall–Kier alpha value is -2.68.